The van der Waals surface area contributed by atoms with Crippen LogP contribution < -0.4 is 15.1 Å². The van der Waals surface area contributed by atoms with E-state index in [0.717, 1.165) is 24.3 Å². The van der Waals surface area contributed by atoms with Gasteiger partial charge < -0.3 is 15.1 Å². The van der Waals surface area contributed by atoms with Crippen LogP contribution in [0, 0.1) is 6.92 Å². The van der Waals surface area contributed by atoms with E-state index in [2.05, 4.69) is 117 Å². The molecule has 2 heterocycles. The maximum absolute atomic E-state index is 12.4. The number of benzene rings is 2. The molecule has 1 N–H and O–H groups in total. The zero-order valence-corrected chi connectivity index (χ0v) is 19.3. The number of rotatable bonds is 6. The van der Waals surface area contributed by atoms with Gasteiger partial charge in [0.05, 0.1) is 6.54 Å². The highest BCUT2D eigenvalue weighted by atomic mass is 16.2. The largest absolute Gasteiger partial charge is 0.372 e. The molecule has 0 aromatic heterocycles. The number of hydrogen-bond acceptors (Lipinski definition) is 3. The van der Waals surface area contributed by atoms with Crippen molar-refractivity contribution in [2.24, 2.45) is 0 Å². The van der Waals surface area contributed by atoms with Crippen molar-refractivity contribution in [3.63, 3.8) is 0 Å². The third-order valence-corrected chi connectivity index (χ3v) is 6.89. The lowest BCUT2D eigenvalue weighted by Gasteiger charge is -2.40. The fourth-order valence-corrected chi connectivity index (χ4v) is 5.03. The molecule has 0 saturated carbocycles. The molecule has 2 aliphatic rings. The van der Waals surface area contributed by atoms with E-state index in [-0.39, 0.29) is 11.3 Å². The van der Waals surface area contributed by atoms with Crippen LogP contribution in [0.1, 0.15) is 44.4 Å². The Labute approximate surface area is 186 Å². The number of amides is 1. The van der Waals surface area contributed by atoms with Crippen LogP contribution >= 0.6 is 0 Å². The molecule has 1 unspecified atom stereocenters. The van der Waals surface area contributed by atoms with Crippen LogP contribution in [-0.4, -0.2) is 31.2 Å². The zero-order chi connectivity index (χ0) is 22.2. The predicted molar refractivity (Wildman–Crippen MR) is 131 cm³/mol. The van der Waals surface area contributed by atoms with Gasteiger partial charge in [0.15, 0.2) is 0 Å². The molecule has 0 radical (unpaired) electrons. The van der Waals surface area contributed by atoms with Crippen LogP contribution in [0.4, 0.5) is 11.4 Å². The highest BCUT2D eigenvalue weighted by molar-refractivity contribution is 5.91. The first-order valence-corrected chi connectivity index (χ1v) is 11.2. The number of carbonyl (C=O) groups is 1. The van der Waals surface area contributed by atoms with Crippen LogP contribution in [0.5, 0.6) is 0 Å². The Balaban J connectivity index is 1.58. The molecule has 31 heavy (non-hydrogen) atoms. The second-order valence-electron chi connectivity index (χ2n) is 9.03. The quantitative estimate of drug-likeness (QED) is 0.672. The Hall–Kier alpha value is -3.01. The summed E-state index contributed by atoms with van der Waals surface area (Å²) < 4.78 is 0. The summed E-state index contributed by atoms with van der Waals surface area (Å²) in [6.45, 7) is 13.3. The van der Waals surface area contributed by atoms with Gasteiger partial charge in [0.2, 0.25) is 5.91 Å². The fourth-order valence-electron chi connectivity index (χ4n) is 5.03. The standard InChI is InChI=1S/C27H33N3O/c1-6-29(7-2)22-14-12-21(13-15-22)10-8-9-17-27-26(4,5)23-18-20(3)11-16-24(23)30(27)19-25(31)28-27/h8-18H,6-7,19H2,1-5H3,(H,28,31)/b10-8+,17-9+. The third kappa shape index (κ3) is 3.44. The average Bonchev–Trinajstić information content (AvgIpc) is 3.17. The van der Waals surface area contributed by atoms with Crippen molar-refractivity contribution >= 4 is 23.4 Å². The van der Waals surface area contributed by atoms with Crippen LogP contribution in [0.25, 0.3) is 6.08 Å². The number of carbonyl (C=O) groups excluding carboxylic acids is 1. The van der Waals surface area contributed by atoms with Gasteiger partial charge in [0.1, 0.15) is 5.66 Å². The van der Waals surface area contributed by atoms with Crippen molar-refractivity contribution in [2.75, 3.05) is 29.4 Å². The lowest BCUT2D eigenvalue weighted by Crippen LogP contribution is -2.58. The molecule has 162 valence electrons. The molecule has 1 amide bonds. The van der Waals surface area contributed by atoms with E-state index in [1.165, 1.54) is 16.8 Å². The first-order valence-electron chi connectivity index (χ1n) is 11.2. The highest BCUT2D eigenvalue weighted by Gasteiger charge is 2.59. The molecule has 4 nitrogen and oxygen atoms in total. The van der Waals surface area contributed by atoms with Crippen LogP contribution in [0.15, 0.2) is 60.7 Å². The van der Waals surface area contributed by atoms with Crippen molar-refractivity contribution in [3.05, 3.63) is 77.4 Å². The molecule has 2 aromatic rings. The molecule has 0 aliphatic carbocycles. The summed E-state index contributed by atoms with van der Waals surface area (Å²) >= 11 is 0. The number of nitrogens with one attached hydrogen (secondary N) is 1. The fraction of sp³-hybridized carbons (Fsp3) is 0.370. The van der Waals surface area contributed by atoms with E-state index in [4.69, 9.17) is 0 Å². The zero-order valence-electron chi connectivity index (χ0n) is 19.3. The van der Waals surface area contributed by atoms with E-state index in [0.29, 0.717) is 6.54 Å². The highest BCUT2D eigenvalue weighted by Crippen LogP contribution is 2.52. The van der Waals surface area contributed by atoms with Gasteiger partial charge in [-0.1, -0.05) is 61.9 Å². The molecule has 4 rings (SSSR count). The third-order valence-electron chi connectivity index (χ3n) is 6.89. The molecular weight excluding hydrogens is 382 g/mol. The minimum absolute atomic E-state index is 0.0694. The molecule has 1 fully saturated rings. The summed E-state index contributed by atoms with van der Waals surface area (Å²) in [5, 5.41) is 3.28. The average molecular weight is 416 g/mol. The molecule has 1 atom stereocenters. The Morgan fingerprint density at radius 3 is 2.45 bits per heavy atom. The summed E-state index contributed by atoms with van der Waals surface area (Å²) in [5.74, 6) is 0.0694. The van der Waals surface area contributed by atoms with Crippen molar-refractivity contribution < 1.29 is 4.79 Å². The second-order valence-corrected chi connectivity index (χ2v) is 9.03. The van der Waals surface area contributed by atoms with Crippen molar-refractivity contribution in [3.8, 4) is 0 Å². The Bertz CT molecular complexity index is 1030. The maximum Gasteiger partial charge on any atom is 0.241 e. The Morgan fingerprint density at radius 1 is 1.06 bits per heavy atom. The van der Waals surface area contributed by atoms with Gasteiger partial charge in [-0.05, 0) is 56.2 Å². The minimum atomic E-state index is -0.544. The molecule has 2 aromatic carbocycles. The molecule has 0 bridgehead atoms. The predicted octanol–water partition coefficient (Wildman–Crippen LogP) is 5.03. The van der Waals surface area contributed by atoms with Gasteiger partial charge in [-0.25, -0.2) is 0 Å². The van der Waals surface area contributed by atoms with E-state index >= 15 is 0 Å². The maximum atomic E-state index is 12.4. The first kappa shape index (κ1) is 21.2. The summed E-state index contributed by atoms with van der Waals surface area (Å²) in [5.41, 5.74) is 5.30. The summed E-state index contributed by atoms with van der Waals surface area (Å²) in [6.07, 6.45) is 8.39. The molecular formula is C27H33N3O. The van der Waals surface area contributed by atoms with Crippen LogP contribution in [0.2, 0.25) is 0 Å². The van der Waals surface area contributed by atoms with Gasteiger partial charge in [-0.3, -0.25) is 4.79 Å². The Kier molecular flexibility index (Phi) is 5.42. The van der Waals surface area contributed by atoms with Crippen molar-refractivity contribution in [1.29, 1.82) is 0 Å². The topological polar surface area (TPSA) is 35.6 Å². The number of anilines is 2. The van der Waals surface area contributed by atoms with Crippen molar-refractivity contribution in [2.45, 2.75) is 45.7 Å². The van der Waals surface area contributed by atoms with Crippen molar-refractivity contribution in [1.82, 2.24) is 5.32 Å². The Morgan fingerprint density at radius 2 is 1.77 bits per heavy atom. The molecule has 0 spiro atoms. The lowest BCUT2D eigenvalue weighted by molar-refractivity contribution is -0.118. The molecule has 2 aliphatic heterocycles. The summed E-state index contributed by atoms with van der Waals surface area (Å²) in [4.78, 5) is 17.0. The normalized spacial score (nSPS) is 21.6. The number of hydrogen-bond donors (Lipinski definition) is 1. The summed E-state index contributed by atoms with van der Waals surface area (Å²) in [6, 6.07) is 15.2. The number of aryl methyl sites for hydroxylation is 1. The SMILES string of the molecule is CCN(CC)c1ccc(/C=C/C=C/C23NC(=O)CN2c2ccc(C)cc2C3(C)C)cc1. The number of allylic oxidation sites excluding steroid dienone is 2. The van der Waals surface area contributed by atoms with E-state index in [1.54, 1.807) is 0 Å². The van der Waals surface area contributed by atoms with E-state index in [1.807, 2.05) is 0 Å². The second kappa shape index (κ2) is 7.92. The van der Waals surface area contributed by atoms with Gasteiger partial charge in [0.25, 0.3) is 0 Å². The van der Waals surface area contributed by atoms with Gasteiger partial charge in [0, 0.05) is 29.9 Å². The van der Waals surface area contributed by atoms with E-state index in [9.17, 15) is 4.79 Å². The molecule has 4 heteroatoms. The van der Waals surface area contributed by atoms with Gasteiger partial charge >= 0.3 is 0 Å². The van der Waals surface area contributed by atoms with E-state index < -0.39 is 5.66 Å². The number of nitrogens with zero attached hydrogens (tertiary/aromatic N) is 2. The lowest BCUT2D eigenvalue weighted by atomic mass is 9.75. The first-order chi connectivity index (χ1) is 14.8. The molecule has 1 saturated heterocycles. The number of fused-ring (bicyclic) bond motifs is 3. The smallest absolute Gasteiger partial charge is 0.241 e. The van der Waals surface area contributed by atoms with Crippen LogP contribution in [-0.2, 0) is 10.2 Å². The van der Waals surface area contributed by atoms with Gasteiger partial charge in [-0.15, -0.1) is 0 Å². The monoisotopic (exact) mass is 415 g/mol. The summed E-state index contributed by atoms with van der Waals surface area (Å²) in [7, 11) is 0. The minimum Gasteiger partial charge on any atom is -0.372 e. The van der Waals surface area contributed by atoms with Crippen LogP contribution in [0.3, 0.4) is 0 Å². The van der Waals surface area contributed by atoms with Gasteiger partial charge in [-0.2, -0.15) is 0 Å².